The third-order valence-electron chi connectivity index (χ3n) is 4.12. The molecule has 0 saturated heterocycles. The number of anilines is 1. The van der Waals surface area contributed by atoms with Gasteiger partial charge < -0.3 is 24.8 Å². The second kappa shape index (κ2) is 11.4. The molecule has 0 aromatic heterocycles. The van der Waals surface area contributed by atoms with Gasteiger partial charge in [0.2, 0.25) is 5.91 Å². The Morgan fingerprint density at radius 1 is 1.04 bits per heavy atom. The van der Waals surface area contributed by atoms with Crippen molar-refractivity contribution in [3.63, 3.8) is 0 Å². The quantitative estimate of drug-likeness (QED) is 0.707. The number of carbonyl (C=O) groups excluding carboxylic acids is 1. The van der Waals surface area contributed by atoms with E-state index in [1.165, 1.54) is 0 Å². The van der Waals surface area contributed by atoms with E-state index in [4.69, 9.17) is 19.9 Å². The molecule has 7 heteroatoms. The molecule has 2 N–H and O–H groups in total. The number of methoxy groups -OCH3 is 3. The number of nitrogens with zero attached hydrogens (tertiary/aromatic N) is 1. The van der Waals surface area contributed by atoms with Gasteiger partial charge in [0, 0.05) is 37.9 Å². The first-order valence-corrected chi connectivity index (χ1v) is 8.42. The molecule has 1 atom stereocenters. The minimum absolute atomic E-state index is 0. The Morgan fingerprint density at radius 3 is 2.30 bits per heavy atom. The Balaban J connectivity index is 0.00000364. The van der Waals surface area contributed by atoms with Crippen LogP contribution in [0.25, 0.3) is 0 Å². The lowest BCUT2D eigenvalue weighted by Gasteiger charge is -2.25. The Kier molecular flexibility index (Phi) is 9.64. The van der Waals surface area contributed by atoms with Crippen molar-refractivity contribution in [1.82, 2.24) is 0 Å². The van der Waals surface area contributed by atoms with Crippen molar-refractivity contribution in [2.24, 2.45) is 5.73 Å². The summed E-state index contributed by atoms with van der Waals surface area (Å²) in [6, 6.07) is 14.6. The van der Waals surface area contributed by atoms with E-state index in [2.05, 4.69) is 0 Å². The molecule has 2 rings (SSSR count). The monoisotopic (exact) mass is 394 g/mol. The Hall–Kier alpha value is -2.28. The summed E-state index contributed by atoms with van der Waals surface area (Å²) in [5.74, 6) is 1.09. The lowest BCUT2D eigenvalue weighted by Crippen LogP contribution is -2.35. The molecule has 0 bridgehead atoms. The Morgan fingerprint density at radius 2 is 1.70 bits per heavy atom. The van der Waals surface area contributed by atoms with Crippen molar-refractivity contribution in [2.45, 2.75) is 12.5 Å². The maximum Gasteiger partial charge on any atom is 0.228 e. The summed E-state index contributed by atoms with van der Waals surface area (Å²) in [6.45, 7) is 0.840. The molecule has 2 aromatic carbocycles. The van der Waals surface area contributed by atoms with Crippen LogP contribution in [0.1, 0.15) is 18.0 Å². The molecular weight excluding hydrogens is 368 g/mol. The minimum Gasteiger partial charge on any atom is -0.493 e. The number of amides is 1. The van der Waals surface area contributed by atoms with Gasteiger partial charge in [-0.05, 0) is 17.7 Å². The molecule has 1 amide bonds. The molecule has 0 aliphatic heterocycles. The maximum atomic E-state index is 12.9. The van der Waals surface area contributed by atoms with Crippen molar-refractivity contribution in [1.29, 1.82) is 0 Å². The minimum atomic E-state index is -0.367. The number of ether oxygens (including phenoxy) is 3. The number of hydrogen-bond donors (Lipinski definition) is 1. The number of hydrogen-bond acceptors (Lipinski definition) is 5. The highest BCUT2D eigenvalue weighted by molar-refractivity contribution is 5.94. The summed E-state index contributed by atoms with van der Waals surface area (Å²) in [5.41, 5.74) is 7.86. The number of halogens is 1. The molecule has 6 nitrogen and oxygen atoms in total. The molecule has 0 aliphatic rings. The van der Waals surface area contributed by atoms with Gasteiger partial charge in [0.05, 0.1) is 20.8 Å². The van der Waals surface area contributed by atoms with Gasteiger partial charge in [-0.1, -0.05) is 30.3 Å². The molecule has 1 unspecified atom stereocenters. The second-order valence-corrected chi connectivity index (χ2v) is 5.80. The molecule has 2 aromatic rings. The van der Waals surface area contributed by atoms with E-state index < -0.39 is 0 Å². The zero-order valence-electron chi connectivity index (χ0n) is 15.9. The molecule has 0 aliphatic carbocycles. The zero-order valence-corrected chi connectivity index (χ0v) is 16.7. The third-order valence-corrected chi connectivity index (χ3v) is 4.12. The molecule has 148 valence electrons. The lowest BCUT2D eigenvalue weighted by molar-refractivity contribution is -0.119. The van der Waals surface area contributed by atoms with Gasteiger partial charge in [-0.25, -0.2) is 0 Å². The zero-order chi connectivity index (χ0) is 18.9. The van der Waals surface area contributed by atoms with E-state index in [9.17, 15) is 4.79 Å². The summed E-state index contributed by atoms with van der Waals surface area (Å²) in [4.78, 5) is 14.6. The van der Waals surface area contributed by atoms with E-state index in [1.54, 1.807) is 38.4 Å². The predicted molar refractivity (Wildman–Crippen MR) is 109 cm³/mol. The first kappa shape index (κ1) is 22.8. The van der Waals surface area contributed by atoms with Crippen LogP contribution in [0.4, 0.5) is 5.69 Å². The van der Waals surface area contributed by atoms with E-state index >= 15 is 0 Å². The lowest BCUT2D eigenvalue weighted by atomic mass is 10.0. The number of nitrogens with two attached hydrogens (primary N) is 1. The normalized spacial score (nSPS) is 11.3. The summed E-state index contributed by atoms with van der Waals surface area (Å²) in [7, 11) is 4.74. The van der Waals surface area contributed by atoms with Crippen LogP contribution in [-0.4, -0.2) is 40.4 Å². The van der Waals surface area contributed by atoms with Crippen LogP contribution in [0.3, 0.4) is 0 Å². The first-order valence-electron chi connectivity index (χ1n) is 8.42. The van der Waals surface area contributed by atoms with Crippen LogP contribution >= 0.6 is 12.4 Å². The number of benzene rings is 2. The summed E-state index contributed by atoms with van der Waals surface area (Å²) in [6.07, 6.45) is 0.197. The van der Waals surface area contributed by atoms with E-state index in [-0.39, 0.29) is 30.8 Å². The van der Waals surface area contributed by atoms with Crippen LogP contribution in [0, 0.1) is 0 Å². The van der Waals surface area contributed by atoms with Crippen LogP contribution in [0.5, 0.6) is 11.5 Å². The first-order chi connectivity index (χ1) is 12.6. The van der Waals surface area contributed by atoms with Crippen molar-refractivity contribution in [2.75, 3.05) is 39.4 Å². The second-order valence-electron chi connectivity index (χ2n) is 5.80. The van der Waals surface area contributed by atoms with Crippen molar-refractivity contribution in [3.8, 4) is 11.5 Å². The van der Waals surface area contributed by atoms with Gasteiger partial charge in [0.25, 0.3) is 0 Å². The van der Waals surface area contributed by atoms with Crippen LogP contribution in [0.2, 0.25) is 0 Å². The standard InChI is InChI=1S/C20H26N2O4.ClH/c1-24-12-11-22(16-9-10-18(25-2)19(13-16)26-3)20(23)14-17(21)15-7-5-4-6-8-15;/h4-10,13,17H,11-12,14,21H2,1-3H3;1H. The van der Waals surface area contributed by atoms with E-state index in [0.29, 0.717) is 30.3 Å². The van der Waals surface area contributed by atoms with Crippen molar-refractivity contribution >= 4 is 24.0 Å². The molecule has 27 heavy (non-hydrogen) atoms. The van der Waals surface area contributed by atoms with Gasteiger partial charge in [-0.3, -0.25) is 4.79 Å². The molecule has 0 fully saturated rings. The van der Waals surface area contributed by atoms with Gasteiger partial charge in [-0.2, -0.15) is 0 Å². The van der Waals surface area contributed by atoms with Crippen LogP contribution in [0.15, 0.2) is 48.5 Å². The topological polar surface area (TPSA) is 74.0 Å². The summed E-state index contributed by atoms with van der Waals surface area (Å²) in [5, 5.41) is 0. The van der Waals surface area contributed by atoms with E-state index in [1.807, 2.05) is 36.4 Å². The predicted octanol–water partition coefficient (Wildman–Crippen LogP) is 3.20. The molecule has 0 radical (unpaired) electrons. The fraction of sp³-hybridized carbons (Fsp3) is 0.350. The average Bonchev–Trinajstić information content (AvgIpc) is 2.68. The van der Waals surface area contributed by atoms with Gasteiger partial charge in [0.1, 0.15) is 0 Å². The highest BCUT2D eigenvalue weighted by Gasteiger charge is 2.20. The molecule has 0 spiro atoms. The SMILES string of the molecule is COCCN(C(=O)CC(N)c1ccccc1)c1ccc(OC)c(OC)c1.Cl. The van der Waals surface area contributed by atoms with Crippen molar-refractivity contribution < 1.29 is 19.0 Å². The highest BCUT2D eigenvalue weighted by Crippen LogP contribution is 2.32. The summed E-state index contributed by atoms with van der Waals surface area (Å²) >= 11 is 0. The number of carbonyl (C=O) groups is 1. The van der Waals surface area contributed by atoms with Crippen LogP contribution in [-0.2, 0) is 9.53 Å². The smallest absolute Gasteiger partial charge is 0.228 e. The number of rotatable bonds is 9. The molecule has 0 heterocycles. The van der Waals surface area contributed by atoms with Crippen molar-refractivity contribution in [3.05, 3.63) is 54.1 Å². The third kappa shape index (κ3) is 6.13. The highest BCUT2D eigenvalue weighted by atomic mass is 35.5. The van der Waals surface area contributed by atoms with Gasteiger partial charge >= 0.3 is 0 Å². The fourth-order valence-electron chi connectivity index (χ4n) is 2.69. The maximum absolute atomic E-state index is 12.9. The summed E-state index contributed by atoms with van der Waals surface area (Å²) < 4.78 is 15.8. The van der Waals surface area contributed by atoms with Gasteiger partial charge in [0.15, 0.2) is 11.5 Å². The molecule has 0 saturated carbocycles. The average molecular weight is 395 g/mol. The Bertz CT molecular complexity index is 712. The Labute approximate surface area is 166 Å². The fourth-order valence-corrected chi connectivity index (χ4v) is 2.69. The van der Waals surface area contributed by atoms with Crippen LogP contribution < -0.4 is 20.1 Å². The van der Waals surface area contributed by atoms with Gasteiger partial charge in [-0.15, -0.1) is 12.4 Å². The van der Waals surface area contributed by atoms with E-state index in [0.717, 1.165) is 5.56 Å². The molecular formula is C20H27ClN2O4. The largest absolute Gasteiger partial charge is 0.493 e.